The third-order valence-electron chi connectivity index (χ3n) is 4.49. The fourth-order valence-electron chi connectivity index (χ4n) is 3.05. The molecule has 0 radical (unpaired) electrons. The summed E-state index contributed by atoms with van der Waals surface area (Å²) in [6.45, 7) is 3.49. The number of nitrogens with one attached hydrogen (secondary N) is 2. The van der Waals surface area contributed by atoms with Gasteiger partial charge in [0.25, 0.3) is 0 Å². The first-order valence-electron chi connectivity index (χ1n) is 7.44. The summed E-state index contributed by atoms with van der Waals surface area (Å²) in [4.78, 5) is 0. The van der Waals surface area contributed by atoms with Crippen LogP contribution in [0.1, 0.15) is 31.2 Å². The van der Waals surface area contributed by atoms with E-state index in [1.165, 1.54) is 49.9 Å². The van der Waals surface area contributed by atoms with Gasteiger partial charge in [0.2, 0.25) is 0 Å². The van der Waals surface area contributed by atoms with Crippen LogP contribution < -0.4 is 10.6 Å². The second-order valence-corrected chi connectivity index (χ2v) is 5.90. The molecule has 0 saturated heterocycles. The van der Waals surface area contributed by atoms with Crippen LogP contribution in [0.5, 0.6) is 0 Å². The van der Waals surface area contributed by atoms with E-state index in [1.54, 1.807) is 0 Å². The van der Waals surface area contributed by atoms with Gasteiger partial charge in [0.15, 0.2) is 0 Å². The van der Waals surface area contributed by atoms with Crippen LogP contribution in [-0.4, -0.2) is 19.6 Å². The molecule has 18 heavy (non-hydrogen) atoms. The average molecular weight is 244 g/mol. The number of para-hydroxylation sites is 1. The summed E-state index contributed by atoms with van der Waals surface area (Å²) in [5.74, 6) is 1.78. The third kappa shape index (κ3) is 2.86. The number of fused-ring (bicyclic) bond motifs is 1. The molecule has 0 amide bonds. The summed E-state index contributed by atoms with van der Waals surface area (Å²) < 4.78 is 0. The van der Waals surface area contributed by atoms with E-state index in [9.17, 15) is 0 Å². The van der Waals surface area contributed by atoms with Crippen LogP contribution in [0.15, 0.2) is 24.3 Å². The lowest BCUT2D eigenvalue weighted by atomic mass is 9.83. The van der Waals surface area contributed by atoms with Gasteiger partial charge in [-0.1, -0.05) is 37.5 Å². The molecule has 0 bridgehead atoms. The molecule has 2 nitrogen and oxygen atoms in total. The molecule has 1 heterocycles. The Bertz CT molecular complexity index is 384. The third-order valence-corrected chi connectivity index (χ3v) is 4.49. The van der Waals surface area contributed by atoms with Gasteiger partial charge in [-0.15, -0.1) is 0 Å². The fraction of sp³-hybridized carbons (Fsp3) is 0.625. The Balaban J connectivity index is 1.39. The van der Waals surface area contributed by atoms with Crippen LogP contribution in [0.2, 0.25) is 0 Å². The number of rotatable bonds is 5. The summed E-state index contributed by atoms with van der Waals surface area (Å²) in [5.41, 5.74) is 2.82. The Morgan fingerprint density at radius 3 is 2.89 bits per heavy atom. The maximum atomic E-state index is 3.65. The molecule has 3 rings (SSSR count). The van der Waals surface area contributed by atoms with Crippen molar-refractivity contribution >= 4 is 5.69 Å². The topological polar surface area (TPSA) is 24.1 Å². The predicted molar refractivity (Wildman–Crippen MR) is 77.0 cm³/mol. The van der Waals surface area contributed by atoms with Gasteiger partial charge in [0, 0.05) is 12.2 Å². The Kier molecular flexibility index (Phi) is 3.84. The molecule has 2 aliphatic rings. The molecule has 2 heteroatoms. The summed E-state index contributed by atoms with van der Waals surface area (Å²) in [5, 5.41) is 7.19. The molecule has 98 valence electrons. The van der Waals surface area contributed by atoms with Crippen molar-refractivity contribution in [2.24, 2.45) is 11.8 Å². The Labute approximate surface area is 110 Å². The average Bonchev–Trinajstić information content (AvgIpc) is 2.36. The highest BCUT2D eigenvalue weighted by atomic mass is 14.9. The van der Waals surface area contributed by atoms with Crippen molar-refractivity contribution in [2.45, 2.75) is 32.1 Å². The molecule has 1 aliphatic carbocycles. The van der Waals surface area contributed by atoms with Crippen molar-refractivity contribution in [2.75, 3.05) is 25.0 Å². The van der Waals surface area contributed by atoms with Crippen LogP contribution in [0.25, 0.3) is 0 Å². The standard InChI is InChI=1S/C16H24N2/c1-2-7-16-15(6-1)10-14(12-18-16)11-17-9-8-13-4-3-5-13/h1-2,6-7,13-14,17-18H,3-5,8-12H2. The molecule has 1 fully saturated rings. The molecule has 1 aliphatic heterocycles. The normalized spacial score (nSPS) is 23.0. The van der Waals surface area contributed by atoms with Crippen LogP contribution in [-0.2, 0) is 6.42 Å². The van der Waals surface area contributed by atoms with Gasteiger partial charge in [-0.2, -0.15) is 0 Å². The van der Waals surface area contributed by atoms with Gasteiger partial charge in [-0.3, -0.25) is 0 Å². The first-order chi connectivity index (χ1) is 8.92. The van der Waals surface area contributed by atoms with E-state index in [0.717, 1.165) is 24.9 Å². The van der Waals surface area contributed by atoms with Gasteiger partial charge < -0.3 is 10.6 Å². The minimum Gasteiger partial charge on any atom is -0.384 e. The van der Waals surface area contributed by atoms with E-state index in [0.29, 0.717) is 0 Å². The van der Waals surface area contributed by atoms with Crippen LogP contribution in [0.3, 0.4) is 0 Å². The van der Waals surface area contributed by atoms with Crippen LogP contribution >= 0.6 is 0 Å². The number of hydrogen-bond donors (Lipinski definition) is 2. The van der Waals surface area contributed by atoms with Crippen LogP contribution in [0.4, 0.5) is 5.69 Å². The zero-order chi connectivity index (χ0) is 12.2. The SMILES string of the molecule is c1ccc2c(c1)CC(CNCCC1CCC1)CN2. The Hall–Kier alpha value is -1.02. The first kappa shape index (κ1) is 12.0. The zero-order valence-electron chi connectivity index (χ0n) is 11.1. The number of benzene rings is 1. The van der Waals surface area contributed by atoms with Crippen molar-refractivity contribution in [1.82, 2.24) is 5.32 Å². The number of hydrogen-bond acceptors (Lipinski definition) is 2. The second-order valence-electron chi connectivity index (χ2n) is 5.90. The van der Waals surface area contributed by atoms with E-state index >= 15 is 0 Å². The minimum absolute atomic E-state index is 0.751. The summed E-state index contributed by atoms with van der Waals surface area (Å²) >= 11 is 0. The molecule has 2 N–H and O–H groups in total. The second kappa shape index (κ2) is 5.75. The largest absolute Gasteiger partial charge is 0.384 e. The molecule has 1 atom stereocenters. The molecule has 0 spiro atoms. The summed E-state index contributed by atoms with van der Waals surface area (Å²) in [6, 6.07) is 8.70. The van der Waals surface area contributed by atoms with Crippen molar-refractivity contribution < 1.29 is 0 Å². The highest BCUT2D eigenvalue weighted by Gasteiger charge is 2.18. The van der Waals surface area contributed by atoms with E-state index in [1.807, 2.05) is 0 Å². The summed E-state index contributed by atoms with van der Waals surface area (Å²) in [6.07, 6.45) is 7.02. The van der Waals surface area contributed by atoms with Crippen molar-refractivity contribution in [3.63, 3.8) is 0 Å². The monoisotopic (exact) mass is 244 g/mol. The fourth-order valence-corrected chi connectivity index (χ4v) is 3.05. The molecular formula is C16H24N2. The molecule has 1 unspecified atom stereocenters. The quantitative estimate of drug-likeness (QED) is 0.778. The van der Waals surface area contributed by atoms with Crippen molar-refractivity contribution in [3.8, 4) is 0 Å². The van der Waals surface area contributed by atoms with Gasteiger partial charge in [0.05, 0.1) is 0 Å². The van der Waals surface area contributed by atoms with E-state index in [2.05, 4.69) is 34.9 Å². The zero-order valence-corrected chi connectivity index (χ0v) is 11.1. The van der Waals surface area contributed by atoms with Gasteiger partial charge >= 0.3 is 0 Å². The molecular weight excluding hydrogens is 220 g/mol. The van der Waals surface area contributed by atoms with E-state index in [-0.39, 0.29) is 0 Å². The highest BCUT2D eigenvalue weighted by Crippen LogP contribution is 2.28. The van der Waals surface area contributed by atoms with E-state index < -0.39 is 0 Å². The number of anilines is 1. The molecule has 1 aromatic carbocycles. The smallest absolute Gasteiger partial charge is 0.0372 e. The van der Waals surface area contributed by atoms with Gasteiger partial charge in [-0.05, 0) is 49.4 Å². The maximum absolute atomic E-state index is 3.65. The Morgan fingerprint density at radius 2 is 2.06 bits per heavy atom. The molecule has 0 aromatic heterocycles. The minimum atomic E-state index is 0.751. The van der Waals surface area contributed by atoms with Crippen molar-refractivity contribution in [1.29, 1.82) is 0 Å². The lowest BCUT2D eigenvalue weighted by Crippen LogP contribution is -2.33. The van der Waals surface area contributed by atoms with Crippen LogP contribution in [0, 0.1) is 11.8 Å². The van der Waals surface area contributed by atoms with E-state index in [4.69, 9.17) is 0 Å². The maximum Gasteiger partial charge on any atom is 0.0372 e. The lowest BCUT2D eigenvalue weighted by Gasteiger charge is -2.28. The van der Waals surface area contributed by atoms with Gasteiger partial charge in [-0.25, -0.2) is 0 Å². The predicted octanol–water partition coefficient (Wildman–Crippen LogP) is 3.05. The first-order valence-corrected chi connectivity index (χ1v) is 7.44. The molecule has 1 aromatic rings. The summed E-state index contributed by atoms with van der Waals surface area (Å²) in [7, 11) is 0. The Morgan fingerprint density at radius 1 is 1.17 bits per heavy atom. The lowest BCUT2D eigenvalue weighted by molar-refractivity contribution is 0.289. The van der Waals surface area contributed by atoms with Crippen molar-refractivity contribution in [3.05, 3.63) is 29.8 Å². The highest BCUT2D eigenvalue weighted by molar-refractivity contribution is 5.53. The molecule has 1 saturated carbocycles. The van der Waals surface area contributed by atoms with Gasteiger partial charge in [0.1, 0.15) is 0 Å².